The van der Waals surface area contributed by atoms with Gasteiger partial charge < -0.3 is 4.74 Å². The average molecular weight is 335 g/mol. The minimum Gasteiger partial charge on any atom is -0.468 e. The second kappa shape index (κ2) is 6.33. The monoisotopic (exact) mass is 334 g/mol. The Morgan fingerprint density at radius 1 is 1.44 bits per heavy atom. The molecule has 18 heavy (non-hydrogen) atoms. The zero-order valence-corrected chi connectivity index (χ0v) is 12.7. The van der Waals surface area contributed by atoms with Gasteiger partial charge in [0.2, 0.25) is 0 Å². The van der Waals surface area contributed by atoms with Crippen LogP contribution >= 0.6 is 15.9 Å². The van der Waals surface area contributed by atoms with E-state index < -0.39 is 21.6 Å². The molecule has 0 atom stereocenters. The molecule has 6 heteroatoms. The van der Waals surface area contributed by atoms with E-state index in [4.69, 9.17) is 0 Å². The van der Waals surface area contributed by atoms with Gasteiger partial charge in [-0.25, -0.2) is 8.42 Å². The van der Waals surface area contributed by atoms with Crippen LogP contribution in [0.15, 0.2) is 33.2 Å². The van der Waals surface area contributed by atoms with Crippen molar-refractivity contribution in [1.82, 2.24) is 0 Å². The first kappa shape index (κ1) is 15.2. The Bertz CT molecular complexity index is 526. The molecular formula is C12H15BrO4S. The summed E-state index contributed by atoms with van der Waals surface area (Å²) in [5.41, 5.74) is 1.13. The second-order valence-electron chi connectivity index (χ2n) is 3.83. The molecule has 0 amide bonds. The van der Waals surface area contributed by atoms with Gasteiger partial charge in [-0.1, -0.05) is 34.5 Å². The lowest BCUT2D eigenvalue weighted by molar-refractivity contribution is -0.137. The Kier molecular flexibility index (Phi) is 5.34. The molecule has 0 aromatic carbocycles. The fraction of sp³-hybridized carbons (Fsp3) is 0.417. The lowest BCUT2D eigenvalue weighted by Gasteiger charge is -2.04. The number of hydrogen-bond acceptors (Lipinski definition) is 4. The van der Waals surface area contributed by atoms with Crippen LogP contribution in [0.4, 0.5) is 0 Å². The third-order valence-electron chi connectivity index (χ3n) is 2.54. The third kappa shape index (κ3) is 4.10. The smallest absolute Gasteiger partial charge is 0.321 e. The summed E-state index contributed by atoms with van der Waals surface area (Å²) in [4.78, 5) is 11.2. The van der Waals surface area contributed by atoms with Gasteiger partial charge in [0.1, 0.15) is 0 Å². The van der Waals surface area contributed by atoms with Crippen molar-refractivity contribution in [2.75, 3.05) is 12.9 Å². The van der Waals surface area contributed by atoms with Gasteiger partial charge in [-0.05, 0) is 25.0 Å². The van der Waals surface area contributed by atoms with Crippen molar-refractivity contribution in [2.45, 2.75) is 19.8 Å². The molecule has 0 N–H and O–H groups in total. The van der Waals surface area contributed by atoms with Gasteiger partial charge >= 0.3 is 5.97 Å². The van der Waals surface area contributed by atoms with E-state index >= 15 is 0 Å². The molecule has 0 aromatic rings. The van der Waals surface area contributed by atoms with Crippen LogP contribution in [0.3, 0.4) is 0 Å². The number of hydrogen-bond donors (Lipinski definition) is 0. The molecule has 0 unspecified atom stereocenters. The number of rotatable bonds is 4. The second-order valence-corrected chi connectivity index (χ2v) is 6.74. The standard InChI is InChI=1S/C12H15BrO4S/c1-3-9-4-5-11(7-10(13)6-9)18(15,16)8-12(14)17-2/h5-7H,3-4,8H2,1-2H3. The van der Waals surface area contributed by atoms with Crippen molar-refractivity contribution in [1.29, 1.82) is 0 Å². The zero-order valence-electron chi connectivity index (χ0n) is 10.3. The quantitative estimate of drug-likeness (QED) is 0.741. The molecule has 100 valence electrons. The van der Waals surface area contributed by atoms with Gasteiger partial charge in [0.05, 0.1) is 12.0 Å². The Labute approximate surface area is 115 Å². The normalized spacial score (nSPS) is 16.3. The Hall–Kier alpha value is -0.880. The summed E-state index contributed by atoms with van der Waals surface area (Å²) in [5, 5.41) is 0. The number of carbonyl (C=O) groups is 1. The minimum absolute atomic E-state index is 0.152. The number of esters is 1. The van der Waals surface area contributed by atoms with Crippen molar-refractivity contribution in [3.8, 4) is 0 Å². The molecule has 0 radical (unpaired) electrons. The predicted molar refractivity (Wildman–Crippen MR) is 73.9 cm³/mol. The molecule has 1 rings (SSSR count). The Balaban J connectivity index is 3.01. The maximum absolute atomic E-state index is 12.0. The molecule has 0 spiro atoms. The Morgan fingerprint density at radius 2 is 2.11 bits per heavy atom. The Morgan fingerprint density at radius 3 is 2.67 bits per heavy atom. The lowest BCUT2D eigenvalue weighted by atomic mass is 10.1. The van der Waals surface area contributed by atoms with Crippen molar-refractivity contribution in [3.63, 3.8) is 0 Å². The van der Waals surface area contributed by atoms with Crippen LogP contribution in [-0.2, 0) is 19.4 Å². The molecule has 1 aliphatic rings. The first-order chi connectivity index (χ1) is 8.39. The van der Waals surface area contributed by atoms with Gasteiger partial charge in [0, 0.05) is 4.48 Å². The van der Waals surface area contributed by atoms with E-state index in [2.05, 4.69) is 20.7 Å². The van der Waals surface area contributed by atoms with Crippen LogP contribution in [0.25, 0.3) is 0 Å². The molecule has 0 saturated heterocycles. The number of carbonyl (C=O) groups excluding carboxylic acids is 1. The van der Waals surface area contributed by atoms with Crippen LogP contribution in [0, 0.1) is 0 Å². The highest BCUT2D eigenvalue weighted by molar-refractivity contribution is 9.11. The van der Waals surface area contributed by atoms with E-state index in [1.165, 1.54) is 13.2 Å². The van der Waals surface area contributed by atoms with Gasteiger partial charge in [0.25, 0.3) is 0 Å². The van der Waals surface area contributed by atoms with Crippen LogP contribution in [-0.4, -0.2) is 27.2 Å². The number of allylic oxidation sites excluding steroid dienone is 5. The summed E-state index contributed by atoms with van der Waals surface area (Å²) >= 11 is 3.30. The van der Waals surface area contributed by atoms with E-state index in [-0.39, 0.29) is 4.91 Å². The molecule has 1 aliphatic carbocycles. The summed E-state index contributed by atoms with van der Waals surface area (Å²) in [5.74, 6) is -1.39. The molecule has 0 bridgehead atoms. The first-order valence-corrected chi connectivity index (χ1v) is 7.90. The van der Waals surface area contributed by atoms with E-state index in [1.807, 2.05) is 13.0 Å². The van der Waals surface area contributed by atoms with Crippen molar-refractivity contribution in [3.05, 3.63) is 33.2 Å². The molecule has 0 aliphatic heterocycles. The van der Waals surface area contributed by atoms with E-state index in [0.717, 1.165) is 12.0 Å². The molecule has 0 heterocycles. The van der Waals surface area contributed by atoms with Gasteiger partial charge in [0.15, 0.2) is 15.6 Å². The fourth-order valence-electron chi connectivity index (χ4n) is 1.48. The SMILES string of the molecule is CCC1=CC(Br)=CC(S(=O)(=O)CC(=O)OC)=CC1. The molecule has 0 aromatic heterocycles. The highest BCUT2D eigenvalue weighted by Gasteiger charge is 2.22. The van der Waals surface area contributed by atoms with Crippen LogP contribution in [0.1, 0.15) is 19.8 Å². The molecule has 0 fully saturated rings. The summed E-state index contributed by atoms with van der Waals surface area (Å²) in [6.07, 6.45) is 6.46. The van der Waals surface area contributed by atoms with Crippen LogP contribution < -0.4 is 0 Å². The zero-order chi connectivity index (χ0) is 13.8. The third-order valence-corrected chi connectivity index (χ3v) is 4.61. The number of halogens is 1. The topological polar surface area (TPSA) is 60.4 Å². The van der Waals surface area contributed by atoms with Gasteiger partial charge in [-0.15, -0.1) is 0 Å². The summed E-state index contributed by atoms with van der Waals surface area (Å²) in [6.45, 7) is 2.01. The largest absolute Gasteiger partial charge is 0.468 e. The van der Waals surface area contributed by atoms with E-state index in [9.17, 15) is 13.2 Å². The maximum atomic E-state index is 12.0. The van der Waals surface area contributed by atoms with Crippen LogP contribution in [0.5, 0.6) is 0 Å². The predicted octanol–water partition coefficient (Wildman–Crippen LogP) is 2.48. The fourth-order valence-corrected chi connectivity index (χ4v) is 3.44. The molecule has 0 saturated carbocycles. The van der Waals surface area contributed by atoms with Gasteiger partial charge in [-0.2, -0.15) is 0 Å². The van der Waals surface area contributed by atoms with Gasteiger partial charge in [-0.3, -0.25) is 4.79 Å². The number of ether oxygens (including phenoxy) is 1. The number of methoxy groups -OCH3 is 1. The number of sulfone groups is 1. The minimum atomic E-state index is -3.64. The lowest BCUT2D eigenvalue weighted by Crippen LogP contribution is -2.18. The first-order valence-electron chi connectivity index (χ1n) is 5.45. The summed E-state index contributed by atoms with van der Waals surface area (Å²) in [7, 11) is -2.47. The maximum Gasteiger partial charge on any atom is 0.321 e. The van der Waals surface area contributed by atoms with Crippen molar-refractivity contribution in [2.24, 2.45) is 0 Å². The van der Waals surface area contributed by atoms with E-state index in [1.54, 1.807) is 6.08 Å². The van der Waals surface area contributed by atoms with E-state index in [0.29, 0.717) is 10.9 Å². The van der Waals surface area contributed by atoms with Crippen molar-refractivity contribution < 1.29 is 17.9 Å². The summed E-state index contributed by atoms with van der Waals surface area (Å²) < 4.78 is 29.1. The average Bonchev–Trinajstić information content (AvgIpc) is 2.50. The highest BCUT2D eigenvalue weighted by Crippen LogP contribution is 2.25. The molecular weight excluding hydrogens is 320 g/mol. The van der Waals surface area contributed by atoms with Crippen molar-refractivity contribution >= 4 is 31.7 Å². The molecule has 4 nitrogen and oxygen atoms in total. The summed E-state index contributed by atoms with van der Waals surface area (Å²) in [6, 6.07) is 0. The highest BCUT2D eigenvalue weighted by atomic mass is 79.9. The van der Waals surface area contributed by atoms with Crippen LogP contribution in [0.2, 0.25) is 0 Å².